The first-order chi connectivity index (χ1) is 18.6. The predicted molar refractivity (Wildman–Crippen MR) is 169 cm³/mol. The van der Waals surface area contributed by atoms with Crippen LogP contribution in [-0.4, -0.2) is 12.1 Å². The van der Waals surface area contributed by atoms with Crippen molar-refractivity contribution in [2.75, 3.05) is 6.16 Å². The van der Waals surface area contributed by atoms with Gasteiger partial charge in [-0.05, 0) is 0 Å². The fourth-order valence-corrected chi connectivity index (χ4v) is 12.3. The van der Waals surface area contributed by atoms with Gasteiger partial charge < -0.3 is 0 Å². The maximum absolute atomic E-state index is 12.7. The SMILES string of the molecule is O=C(CCCC[PH](c1ccccc1)(c1ccccc1)c1ccccc1)Oc1ccc(-c2cc(=S)ss2)cc1. The van der Waals surface area contributed by atoms with E-state index in [0.717, 1.165) is 33.3 Å². The van der Waals surface area contributed by atoms with Crippen LogP contribution in [0.3, 0.4) is 0 Å². The number of ether oxygens (including phenoxy) is 1. The minimum atomic E-state index is -2.26. The Balaban J connectivity index is 1.28. The van der Waals surface area contributed by atoms with Crippen LogP contribution in [0, 0.1) is 3.82 Å². The second-order valence-corrected chi connectivity index (χ2v) is 16.2. The second-order valence-electron chi connectivity index (χ2n) is 9.20. The Morgan fingerprint density at radius 2 is 1.21 bits per heavy atom. The van der Waals surface area contributed by atoms with Gasteiger partial charge in [0.1, 0.15) is 3.82 Å². The number of hydrogen-bond donors (Lipinski definition) is 0. The van der Waals surface area contributed by atoms with Crippen LogP contribution in [0.25, 0.3) is 10.4 Å². The summed E-state index contributed by atoms with van der Waals surface area (Å²) in [6, 6.07) is 42.4. The summed E-state index contributed by atoms with van der Waals surface area (Å²) in [7, 11) is 0.998. The molecule has 0 atom stereocenters. The summed E-state index contributed by atoms with van der Waals surface area (Å²) in [5.41, 5.74) is 1.09. The molecule has 5 rings (SSSR count). The van der Waals surface area contributed by atoms with E-state index in [1.54, 1.807) is 20.7 Å². The fourth-order valence-electron chi connectivity index (χ4n) is 5.00. The first-order valence-electron chi connectivity index (χ1n) is 12.7. The van der Waals surface area contributed by atoms with E-state index in [0.29, 0.717) is 12.2 Å². The molecule has 0 aliphatic rings. The zero-order chi connectivity index (χ0) is 26.2. The molecular weight excluding hydrogens is 544 g/mol. The number of carbonyl (C=O) groups is 1. The number of unbranched alkanes of at least 4 members (excludes halogenated alkanes) is 1. The Morgan fingerprint density at radius 1 is 0.684 bits per heavy atom. The monoisotopic (exact) mass is 572 g/mol. The van der Waals surface area contributed by atoms with Crippen LogP contribution >= 0.6 is 40.2 Å². The van der Waals surface area contributed by atoms with Gasteiger partial charge in [-0.1, -0.05) is 22.6 Å². The Morgan fingerprint density at radius 3 is 1.68 bits per heavy atom. The zero-order valence-electron chi connectivity index (χ0n) is 20.9. The first kappa shape index (κ1) is 26.6. The van der Waals surface area contributed by atoms with E-state index in [-0.39, 0.29) is 5.97 Å². The fraction of sp³-hybridized carbons (Fsp3) is 0.125. The van der Waals surface area contributed by atoms with E-state index in [4.69, 9.17) is 17.0 Å². The summed E-state index contributed by atoms with van der Waals surface area (Å²) in [5.74, 6) is 0.398. The van der Waals surface area contributed by atoms with Crippen LogP contribution in [-0.2, 0) is 4.79 Å². The van der Waals surface area contributed by atoms with Crippen molar-refractivity contribution in [2.24, 2.45) is 0 Å². The molecule has 0 spiro atoms. The molecule has 0 amide bonds. The molecule has 0 saturated carbocycles. The summed E-state index contributed by atoms with van der Waals surface area (Å²) >= 11 is 5.23. The van der Waals surface area contributed by atoms with Crippen molar-refractivity contribution >= 4 is 62.0 Å². The topological polar surface area (TPSA) is 26.3 Å². The van der Waals surface area contributed by atoms with Gasteiger partial charge in [0.15, 0.2) is 0 Å². The third kappa shape index (κ3) is 6.19. The van der Waals surface area contributed by atoms with Crippen molar-refractivity contribution in [1.82, 2.24) is 0 Å². The van der Waals surface area contributed by atoms with Crippen molar-refractivity contribution in [3.05, 3.63) is 125 Å². The molecule has 6 heteroatoms. The molecule has 38 heavy (non-hydrogen) atoms. The minimum absolute atomic E-state index is 0.185. The number of carbonyl (C=O) groups excluding carboxylic acids is 1. The normalized spacial score (nSPS) is 11.7. The number of benzene rings is 4. The molecular formula is C32H29O2PS3. The molecule has 0 radical (unpaired) electrons. The van der Waals surface area contributed by atoms with Crippen LogP contribution in [0.2, 0.25) is 0 Å². The van der Waals surface area contributed by atoms with Gasteiger partial charge in [0.05, 0.1) is 0 Å². The molecule has 0 bridgehead atoms. The number of esters is 1. The van der Waals surface area contributed by atoms with E-state index < -0.39 is 7.26 Å². The summed E-state index contributed by atoms with van der Waals surface area (Å²) in [5, 5.41) is 4.19. The zero-order valence-corrected chi connectivity index (χ0v) is 24.4. The predicted octanol–water partition coefficient (Wildman–Crippen LogP) is 8.01. The molecule has 4 aromatic carbocycles. The number of rotatable bonds is 10. The van der Waals surface area contributed by atoms with E-state index in [9.17, 15) is 4.79 Å². The standard InChI is InChI=1S/C32H29O2PS3/c33-31(34-26-21-19-25(20-22-26)30-24-32(36)38-37-30)18-10-11-23-35(27-12-4-1-5-13-27,28-14-6-2-7-15-28)29-16-8-3-9-17-29/h1-9,12-17,19-22,24,35H,10-11,18,23H2. The molecule has 0 aliphatic heterocycles. The summed E-state index contributed by atoms with van der Waals surface area (Å²) in [4.78, 5) is 13.8. The average molecular weight is 573 g/mol. The molecule has 0 fully saturated rings. The Labute approximate surface area is 237 Å². The molecule has 2 nitrogen and oxygen atoms in total. The van der Waals surface area contributed by atoms with Gasteiger partial charge >= 0.3 is 212 Å². The van der Waals surface area contributed by atoms with Crippen molar-refractivity contribution in [2.45, 2.75) is 19.3 Å². The number of hydrogen-bond acceptors (Lipinski definition) is 5. The van der Waals surface area contributed by atoms with Crippen LogP contribution < -0.4 is 20.7 Å². The molecule has 0 saturated heterocycles. The molecule has 192 valence electrons. The third-order valence-electron chi connectivity index (χ3n) is 6.82. The molecule has 1 aromatic heterocycles. The van der Waals surface area contributed by atoms with Gasteiger partial charge in [0.25, 0.3) is 0 Å². The molecule has 0 unspecified atom stereocenters. The van der Waals surface area contributed by atoms with Crippen molar-refractivity contribution in [3.63, 3.8) is 0 Å². The van der Waals surface area contributed by atoms with Crippen LogP contribution in [0.15, 0.2) is 121 Å². The molecule has 0 aliphatic carbocycles. The Hall–Kier alpha value is -2.95. The molecule has 5 aromatic rings. The maximum atomic E-state index is 12.7. The van der Waals surface area contributed by atoms with Crippen molar-refractivity contribution in [1.29, 1.82) is 0 Å². The second kappa shape index (κ2) is 12.7. The van der Waals surface area contributed by atoms with Gasteiger partial charge in [-0.3, -0.25) is 0 Å². The van der Waals surface area contributed by atoms with E-state index in [1.807, 2.05) is 30.3 Å². The Bertz CT molecular complexity index is 1420. The van der Waals surface area contributed by atoms with Gasteiger partial charge in [0, 0.05) is 0 Å². The van der Waals surface area contributed by atoms with Crippen LogP contribution in [0.4, 0.5) is 0 Å². The third-order valence-corrected chi connectivity index (χ3v) is 14.8. The summed E-state index contributed by atoms with van der Waals surface area (Å²) < 4.78 is 6.54. The average Bonchev–Trinajstić information content (AvgIpc) is 3.41. The van der Waals surface area contributed by atoms with Gasteiger partial charge in [-0.25, -0.2) is 0 Å². The van der Waals surface area contributed by atoms with Crippen molar-refractivity contribution in [3.8, 4) is 16.2 Å². The Kier molecular flexibility index (Phi) is 8.93. The van der Waals surface area contributed by atoms with Crippen LogP contribution in [0.5, 0.6) is 5.75 Å². The quantitative estimate of drug-likeness (QED) is 0.0424. The molecule has 1 heterocycles. The molecule has 0 N–H and O–H groups in total. The van der Waals surface area contributed by atoms with Crippen LogP contribution in [0.1, 0.15) is 19.3 Å². The van der Waals surface area contributed by atoms with Gasteiger partial charge in [-0.15, -0.1) is 0 Å². The summed E-state index contributed by atoms with van der Waals surface area (Å²) in [6.07, 6.45) is 3.16. The summed E-state index contributed by atoms with van der Waals surface area (Å²) in [6.45, 7) is 0. The van der Waals surface area contributed by atoms with Gasteiger partial charge in [-0.2, -0.15) is 0 Å². The van der Waals surface area contributed by atoms with E-state index in [1.165, 1.54) is 15.9 Å². The van der Waals surface area contributed by atoms with E-state index >= 15 is 0 Å². The van der Waals surface area contributed by atoms with E-state index in [2.05, 4.69) is 91.0 Å². The van der Waals surface area contributed by atoms with Crippen molar-refractivity contribution < 1.29 is 9.53 Å². The van der Waals surface area contributed by atoms with Gasteiger partial charge in [0.2, 0.25) is 0 Å². The first-order valence-corrected chi connectivity index (χ1v) is 17.5.